The zero-order chi connectivity index (χ0) is 22.1. The molecule has 6 nitrogen and oxygen atoms in total. The number of H-pyrrole nitrogens is 1. The molecule has 0 aliphatic heterocycles. The van der Waals surface area contributed by atoms with E-state index in [1.54, 1.807) is 22.9 Å². The van der Waals surface area contributed by atoms with Gasteiger partial charge in [0.25, 0.3) is 5.56 Å². The maximum atomic E-state index is 13.0. The minimum Gasteiger partial charge on any atom is -0.494 e. The van der Waals surface area contributed by atoms with E-state index < -0.39 is 0 Å². The number of hydrogen-bond donors (Lipinski definition) is 1. The summed E-state index contributed by atoms with van der Waals surface area (Å²) in [5.74, 6) is 1.35. The third-order valence-corrected chi connectivity index (χ3v) is 5.53. The van der Waals surface area contributed by atoms with E-state index in [0.717, 1.165) is 11.3 Å². The standard InChI is InChI=1S/C23H22Cl2N4O2/c1-4-31-15-10-8-14(9-11-15)12-18-26-22-19(23(30)27-18)20(13(2)3)28-29(22)21-16(24)6-5-7-17(21)25/h5-11,13H,4,12H2,1-3H3,(H,26,27,30). The van der Waals surface area contributed by atoms with Gasteiger partial charge in [-0.25, -0.2) is 9.67 Å². The Labute approximate surface area is 189 Å². The molecule has 4 aromatic rings. The van der Waals surface area contributed by atoms with Crippen LogP contribution >= 0.6 is 23.2 Å². The molecule has 0 amide bonds. The van der Waals surface area contributed by atoms with E-state index in [1.807, 2.05) is 45.0 Å². The lowest BCUT2D eigenvalue weighted by molar-refractivity contribution is 0.340. The average molecular weight is 457 g/mol. The second-order valence-electron chi connectivity index (χ2n) is 7.49. The zero-order valence-corrected chi connectivity index (χ0v) is 19.0. The lowest BCUT2D eigenvalue weighted by Gasteiger charge is -2.09. The van der Waals surface area contributed by atoms with Gasteiger partial charge in [-0.05, 0) is 42.7 Å². The van der Waals surface area contributed by atoms with E-state index in [-0.39, 0.29) is 11.5 Å². The van der Waals surface area contributed by atoms with Gasteiger partial charge in [-0.3, -0.25) is 4.79 Å². The molecular weight excluding hydrogens is 435 g/mol. The summed E-state index contributed by atoms with van der Waals surface area (Å²) in [6.07, 6.45) is 0.454. The predicted octanol–water partition coefficient (Wildman–Crippen LogP) is 5.53. The highest BCUT2D eigenvalue weighted by molar-refractivity contribution is 6.37. The Morgan fingerprint density at radius 3 is 2.39 bits per heavy atom. The summed E-state index contributed by atoms with van der Waals surface area (Å²) in [5.41, 5.74) is 2.35. The van der Waals surface area contributed by atoms with Crippen molar-refractivity contribution in [3.8, 4) is 11.4 Å². The summed E-state index contributed by atoms with van der Waals surface area (Å²) in [6.45, 7) is 6.51. The van der Waals surface area contributed by atoms with Crippen LogP contribution in [0.15, 0.2) is 47.3 Å². The molecule has 2 aromatic heterocycles. The Morgan fingerprint density at radius 2 is 1.77 bits per heavy atom. The Bertz CT molecular complexity index is 1270. The first-order chi connectivity index (χ1) is 14.9. The van der Waals surface area contributed by atoms with Gasteiger partial charge in [0.2, 0.25) is 0 Å². The molecule has 0 atom stereocenters. The van der Waals surface area contributed by atoms with Crippen LogP contribution in [0.1, 0.15) is 43.8 Å². The van der Waals surface area contributed by atoms with Crippen LogP contribution in [0, 0.1) is 0 Å². The van der Waals surface area contributed by atoms with Crippen molar-refractivity contribution < 1.29 is 4.74 Å². The maximum Gasteiger partial charge on any atom is 0.262 e. The number of aromatic amines is 1. The molecule has 8 heteroatoms. The number of nitrogens with zero attached hydrogens (tertiary/aromatic N) is 3. The fraction of sp³-hybridized carbons (Fsp3) is 0.261. The lowest BCUT2D eigenvalue weighted by Crippen LogP contribution is -2.14. The monoisotopic (exact) mass is 456 g/mol. The van der Waals surface area contributed by atoms with Crippen LogP contribution in [0.2, 0.25) is 10.0 Å². The van der Waals surface area contributed by atoms with E-state index in [4.69, 9.17) is 32.9 Å². The van der Waals surface area contributed by atoms with Gasteiger partial charge in [0.1, 0.15) is 22.6 Å². The number of hydrogen-bond acceptors (Lipinski definition) is 4. The van der Waals surface area contributed by atoms with Crippen LogP contribution in [0.3, 0.4) is 0 Å². The molecule has 4 rings (SSSR count). The summed E-state index contributed by atoms with van der Waals surface area (Å²) < 4.78 is 7.07. The predicted molar refractivity (Wildman–Crippen MR) is 124 cm³/mol. The molecule has 0 radical (unpaired) electrons. The molecule has 0 unspecified atom stereocenters. The molecule has 2 heterocycles. The first-order valence-electron chi connectivity index (χ1n) is 10.1. The Balaban J connectivity index is 1.86. The highest BCUT2D eigenvalue weighted by Crippen LogP contribution is 2.32. The van der Waals surface area contributed by atoms with Gasteiger partial charge in [0.15, 0.2) is 5.65 Å². The third kappa shape index (κ3) is 4.18. The summed E-state index contributed by atoms with van der Waals surface area (Å²) in [5, 5.41) is 5.98. The number of aromatic nitrogens is 4. The van der Waals surface area contributed by atoms with Crippen molar-refractivity contribution in [3.63, 3.8) is 0 Å². The van der Waals surface area contributed by atoms with Gasteiger partial charge in [-0.15, -0.1) is 0 Å². The van der Waals surface area contributed by atoms with E-state index in [0.29, 0.717) is 51.3 Å². The minimum atomic E-state index is -0.232. The summed E-state index contributed by atoms with van der Waals surface area (Å²) in [6, 6.07) is 13.0. The van der Waals surface area contributed by atoms with Crippen molar-refractivity contribution in [1.29, 1.82) is 0 Å². The fourth-order valence-corrected chi connectivity index (χ4v) is 4.05. The number of nitrogens with one attached hydrogen (secondary N) is 1. The minimum absolute atomic E-state index is 0.0184. The van der Waals surface area contributed by atoms with Gasteiger partial charge in [-0.1, -0.05) is 55.2 Å². The molecule has 31 heavy (non-hydrogen) atoms. The number of benzene rings is 2. The van der Waals surface area contributed by atoms with Crippen LogP contribution in [0.25, 0.3) is 16.7 Å². The number of ether oxygens (including phenoxy) is 1. The van der Waals surface area contributed by atoms with E-state index >= 15 is 0 Å². The van der Waals surface area contributed by atoms with Crippen molar-refractivity contribution in [3.05, 3.63) is 79.9 Å². The number of halogens is 2. The SMILES string of the molecule is CCOc1ccc(Cc2nc3c(c(C(C)C)nn3-c3c(Cl)cccc3Cl)c(=O)[nH]2)cc1. The molecule has 2 aromatic carbocycles. The quantitative estimate of drug-likeness (QED) is 0.413. The van der Waals surface area contributed by atoms with Crippen molar-refractivity contribution >= 4 is 34.2 Å². The normalized spacial score (nSPS) is 11.4. The highest BCUT2D eigenvalue weighted by atomic mass is 35.5. The van der Waals surface area contributed by atoms with Gasteiger partial charge in [0.05, 0.1) is 22.3 Å². The summed E-state index contributed by atoms with van der Waals surface area (Å²) in [7, 11) is 0. The van der Waals surface area contributed by atoms with Crippen molar-refractivity contribution in [2.24, 2.45) is 0 Å². The molecule has 0 aliphatic rings. The average Bonchev–Trinajstić information content (AvgIpc) is 3.10. The molecule has 0 bridgehead atoms. The number of fused-ring (bicyclic) bond motifs is 1. The Morgan fingerprint density at radius 1 is 1.10 bits per heavy atom. The number of rotatable bonds is 6. The molecule has 0 spiro atoms. The van der Waals surface area contributed by atoms with Crippen LogP contribution < -0.4 is 10.3 Å². The molecule has 1 N–H and O–H groups in total. The topological polar surface area (TPSA) is 72.8 Å². The number of para-hydroxylation sites is 1. The fourth-order valence-electron chi connectivity index (χ4n) is 3.49. The van der Waals surface area contributed by atoms with E-state index in [1.165, 1.54) is 0 Å². The summed E-state index contributed by atoms with van der Waals surface area (Å²) in [4.78, 5) is 20.7. The van der Waals surface area contributed by atoms with Gasteiger partial charge >= 0.3 is 0 Å². The Hall–Kier alpha value is -2.83. The smallest absolute Gasteiger partial charge is 0.262 e. The van der Waals surface area contributed by atoms with Crippen LogP contribution in [-0.4, -0.2) is 26.4 Å². The third-order valence-electron chi connectivity index (χ3n) is 4.92. The molecular formula is C23H22Cl2N4O2. The zero-order valence-electron chi connectivity index (χ0n) is 17.4. The molecule has 0 saturated heterocycles. The van der Waals surface area contributed by atoms with Crippen LogP contribution in [-0.2, 0) is 6.42 Å². The first-order valence-corrected chi connectivity index (χ1v) is 10.8. The first kappa shape index (κ1) is 21.4. The van der Waals surface area contributed by atoms with Gasteiger partial charge in [0, 0.05) is 6.42 Å². The second-order valence-corrected chi connectivity index (χ2v) is 8.30. The van der Waals surface area contributed by atoms with E-state index in [9.17, 15) is 4.79 Å². The van der Waals surface area contributed by atoms with Gasteiger partial charge < -0.3 is 9.72 Å². The maximum absolute atomic E-state index is 13.0. The van der Waals surface area contributed by atoms with Crippen molar-refractivity contribution in [1.82, 2.24) is 19.7 Å². The molecule has 0 fully saturated rings. The molecule has 160 valence electrons. The molecule has 0 aliphatic carbocycles. The summed E-state index contributed by atoms with van der Waals surface area (Å²) >= 11 is 12.9. The largest absolute Gasteiger partial charge is 0.494 e. The Kier molecular flexibility index (Phi) is 6.03. The second kappa shape index (κ2) is 8.73. The van der Waals surface area contributed by atoms with Crippen LogP contribution in [0.5, 0.6) is 5.75 Å². The van der Waals surface area contributed by atoms with Crippen LogP contribution in [0.4, 0.5) is 0 Å². The molecule has 0 saturated carbocycles. The van der Waals surface area contributed by atoms with Crippen molar-refractivity contribution in [2.75, 3.05) is 6.61 Å². The van der Waals surface area contributed by atoms with E-state index in [2.05, 4.69) is 10.1 Å². The lowest BCUT2D eigenvalue weighted by atomic mass is 10.1. The van der Waals surface area contributed by atoms with Crippen molar-refractivity contribution in [2.45, 2.75) is 33.1 Å². The highest BCUT2D eigenvalue weighted by Gasteiger charge is 2.22. The van der Waals surface area contributed by atoms with Gasteiger partial charge in [-0.2, -0.15) is 5.10 Å².